The molecule has 0 aliphatic carbocycles. The highest BCUT2D eigenvalue weighted by atomic mass is 19.1. The lowest BCUT2D eigenvalue weighted by Gasteiger charge is -2.04. The number of aromatic nitrogens is 1. The normalized spacial score (nSPS) is 10.7. The van der Waals surface area contributed by atoms with E-state index in [9.17, 15) is 14.0 Å². The summed E-state index contributed by atoms with van der Waals surface area (Å²) in [4.78, 5) is 27.7. The van der Waals surface area contributed by atoms with Gasteiger partial charge in [0.05, 0.1) is 13.5 Å². The molecule has 0 atom stereocenters. The van der Waals surface area contributed by atoms with Gasteiger partial charge in [-0.15, -0.1) is 0 Å². The fourth-order valence-corrected chi connectivity index (χ4v) is 2.19. The first-order valence-corrected chi connectivity index (χ1v) is 6.83. The highest BCUT2D eigenvalue weighted by Crippen LogP contribution is 2.19. The number of nitrogens with zero attached hydrogens (tertiary/aromatic N) is 1. The molecule has 3 rings (SSSR count). The lowest BCUT2D eigenvalue weighted by atomic mass is 10.1. The Balaban J connectivity index is 2.09. The Morgan fingerprint density at radius 1 is 1.22 bits per heavy atom. The van der Waals surface area contributed by atoms with Gasteiger partial charge in [-0.3, -0.25) is 4.79 Å². The summed E-state index contributed by atoms with van der Waals surface area (Å²) in [5, 5.41) is 0. The number of hydrogen-bond donors (Lipinski definition) is 0. The molecule has 1 aromatic heterocycles. The first-order valence-electron chi connectivity index (χ1n) is 6.83. The van der Waals surface area contributed by atoms with Gasteiger partial charge in [-0.1, -0.05) is 6.07 Å². The number of rotatable bonds is 3. The molecular formula is C17H12FNO4. The van der Waals surface area contributed by atoms with Crippen molar-refractivity contribution in [3.63, 3.8) is 0 Å². The van der Waals surface area contributed by atoms with Crippen LogP contribution in [0.15, 0.2) is 51.7 Å². The number of methoxy groups -OCH3 is 1. The summed E-state index contributed by atoms with van der Waals surface area (Å²) in [5.74, 6) is -0.778. The molecule has 0 fully saturated rings. The summed E-state index contributed by atoms with van der Waals surface area (Å²) in [7, 11) is 1.31. The van der Waals surface area contributed by atoms with Crippen LogP contribution in [0.4, 0.5) is 4.39 Å². The zero-order valence-electron chi connectivity index (χ0n) is 12.2. The topological polar surface area (TPSA) is 69.4 Å². The Hall–Kier alpha value is -3.02. The highest BCUT2D eigenvalue weighted by Gasteiger charge is 2.11. The van der Waals surface area contributed by atoms with E-state index in [2.05, 4.69) is 9.72 Å². The number of carbonyl (C=O) groups is 1. The van der Waals surface area contributed by atoms with Gasteiger partial charge in [0.25, 0.3) is 0 Å². The third-order valence-corrected chi connectivity index (χ3v) is 3.35. The first kappa shape index (κ1) is 14.9. The molecule has 0 amide bonds. The summed E-state index contributed by atoms with van der Waals surface area (Å²) in [6, 6.07) is 10.3. The molecular weight excluding hydrogens is 301 g/mol. The van der Waals surface area contributed by atoms with Gasteiger partial charge in [-0.25, -0.2) is 14.2 Å². The van der Waals surface area contributed by atoms with Crippen molar-refractivity contribution in [1.82, 2.24) is 4.98 Å². The maximum atomic E-state index is 13.0. The second-order valence-corrected chi connectivity index (χ2v) is 4.91. The Bertz CT molecular complexity index is 931. The summed E-state index contributed by atoms with van der Waals surface area (Å²) in [6.07, 6.45) is 0.0964. The van der Waals surface area contributed by atoms with E-state index in [1.54, 1.807) is 18.2 Å². The van der Waals surface area contributed by atoms with Gasteiger partial charge in [0.2, 0.25) is 0 Å². The zero-order valence-corrected chi connectivity index (χ0v) is 12.2. The molecule has 0 unspecified atom stereocenters. The second kappa shape index (κ2) is 6.00. The fraction of sp³-hybridized carbons (Fsp3) is 0.118. The highest BCUT2D eigenvalue weighted by molar-refractivity contribution is 5.78. The fourth-order valence-electron chi connectivity index (χ4n) is 2.19. The van der Waals surface area contributed by atoms with Crippen molar-refractivity contribution in [2.75, 3.05) is 7.11 Å². The predicted molar refractivity (Wildman–Crippen MR) is 81.4 cm³/mol. The second-order valence-electron chi connectivity index (χ2n) is 4.91. The largest absolute Gasteiger partial charge is 0.469 e. The van der Waals surface area contributed by atoms with Crippen LogP contribution in [0.1, 0.15) is 5.56 Å². The maximum absolute atomic E-state index is 13.0. The molecule has 1 heterocycles. The third-order valence-electron chi connectivity index (χ3n) is 3.35. The molecule has 5 nitrogen and oxygen atoms in total. The molecule has 0 radical (unpaired) electrons. The molecule has 23 heavy (non-hydrogen) atoms. The molecule has 0 saturated carbocycles. The third kappa shape index (κ3) is 3.11. The van der Waals surface area contributed by atoms with Crippen LogP contribution in [0.2, 0.25) is 0 Å². The van der Waals surface area contributed by atoms with E-state index in [0.717, 1.165) is 0 Å². The molecule has 6 heteroatoms. The summed E-state index contributed by atoms with van der Waals surface area (Å²) < 4.78 is 22.9. The van der Waals surface area contributed by atoms with E-state index in [0.29, 0.717) is 22.2 Å². The minimum absolute atomic E-state index is 0.0905. The number of halogens is 1. The minimum atomic E-state index is -0.607. The molecule has 0 aliphatic rings. The van der Waals surface area contributed by atoms with Crippen molar-refractivity contribution in [2.45, 2.75) is 6.42 Å². The van der Waals surface area contributed by atoms with Gasteiger partial charge in [-0.2, -0.15) is 0 Å². The van der Waals surface area contributed by atoms with E-state index >= 15 is 0 Å². The average molecular weight is 313 g/mol. The van der Waals surface area contributed by atoms with Crippen molar-refractivity contribution < 1.29 is 18.3 Å². The number of carbonyl (C=O) groups excluding carboxylic acids is 1. The van der Waals surface area contributed by atoms with Gasteiger partial charge >= 0.3 is 11.6 Å². The van der Waals surface area contributed by atoms with Crippen LogP contribution < -0.4 is 5.63 Å². The number of ether oxygens (including phenoxy) is 1. The van der Waals surface area contributed by atoms with Crippen LogP contribution in [-0.2, 0) is 16.0 Å². The standard InChI is InChI=1S/C17H12FNO4/c1-22-15(20)9-10-2-7-14-13(8-10)19-16(17(21)23-14)11-3-5-12(18)6-4-11/h2-8H,9H2,1H3. The number of esters is 1. The monoisotopic (exact) mass is 313 g/mol. The van der Waals surface area contributed by atoms with Crippen LogP contribution in [0.3, 0.4) is 0 Å². The van der Waals surface area contributed by atoms with E-state index in [4.69, 9.17) is 4.42 Å². The van der Waals surface area contributed by atoms with Gasteiger partial charge in [-0.05, 0) is 42.0 Å². The molecule has 0 spiro atoms. The van der Waals surface area contributed by atoms with E-state index in [1.165, 1.54) is 31.4 Å². The average Bonchev–Trinajstić information content (AvgIpc) is 2.55. The number of hydrogen-bond acceptors (Lipinski definition) is 5. The van der Waals surface area contributed by atoms with Crippen molar-refractivity contribution in [3.05, 3.63) is 64.3 Å². The van der Waals surface area contributed by atoms with E-state index in [-0.39, 0.29) is 18.1 Å². The predicted octanol–water partition coefficient (Wildman–Crippen LogP) is 2.71. The van der Waals surface area contributed by atoms with Crippen molar-refractivity contribution >= 4 is 17.1 Å². The Morgan fingerprint density at radius 3 is 2.65 bits per heavy atom. The molecule has 0 bridgehead atoms. The smallest absolute Gasteiger partial charge is 0.363 e. The molecule has 0 N–H and O–H groups in total. The molecule has 3 aromatic rings. The molecule has 2 aromatic carbocycles. The summed E-state index contributed by atoms with van der Waals surface area (Å²) in [5.41, 5.74) is 1.38. The van der Waals surface area contributed by atoms with Crippen molar-refractivity contribution in [2.24, 2.45) is 0 Å². The SMILES string of the molecule is COC(=O)Cc1ccc2oc(=O)c(-c3ccc(F)cc3)nc2c1. The summed E-state index contributed by atoms with van der Waals surface area (Å²) >= 11 is 0. The lowest BCUT2D eigenvalue weighted by molar-refractivity contribution is -0.139. The zero-order chi connectivity index (χ0) is 16.4. The van der Waals surface area contributed by atoms with Gasteiger partial charge in [0.1, 0.15) is 11.3 Å². The van der Waals surface area contributed by atoms with Crippen LogP contribution in [0.25, 0.3) is 22.4 Å². The Labute approximate surface area is 130 Å². The van der Waals surface area contributed by atoms with E-state index < -0.39 is 11.4 Å². The quantitative estimate of drug-likeness (QED) is 0.695. The lowest BCUT2D eigenvalue weighted by Crippen LogP contribution is -2.07. The molecule has 0 aliphatic heterocycles. The number of fused-ring (bicyclic) bond motifs is 1. The Kier molecular flexibility index (Phi) is 3.89. The van der Waals surface area contributed by atoms with Gasteiger partial charge < -0.3 is 9.15 Å². The molecule has 0 saturated heterocycles. The number of benzene rings is 2. The van der Waals surface area contributed by atoms with Gasteiger partial charge in [0.15, 0.2) is 11.3 Å². The van der Waals surface area contributed by atoms with Crippen molar-refractivity contribution in [3.8, 4) is 11.3 Å². The van der Waals surface area contributed by atoms with Crippen LogP contribution >= 0.6 is 0 Å². The molecule has 116 valence electrons. The van der Waals surface area contributed by atoms with E-state index in [1.807, 2.05) is 0 Å². The van der Waals surface area contributed by atoms with Crippen LogP contribution in [0.5, 0.6) is 0 Å². The van der Waals surface area contributed by atoms with Crippen LogP contribution in [-0.4, -0.2) is 18.1 Å². The minimum Gasteiger partial charge on any atom is -0.469 e. The van der Waals surface area contributed by atoms with Gasteiger partial charge in [0, 0.05) is 5.56 Å². The van der Waals surface area contributed by atoms with Crippen molar-refractivity contribution in [1.29, 1.82) is 0 Å². The maximum Gasteiger partial charge on any atom is 0.363 e. The summed E-state index contributed by atoms with van der Waals surface area (Å²) in [6.45, 7) is 0. The Morgan fingerprint density at radius 2 is 1.96 bits per heavy atom. The first-order chi connectivity index (χ1) is 11.1. The van der Waals surface area contributed by atoms with Crippen LogP contribution in [0, 0.1) is 5.82 Å².